The monoisotopic (exact) mass is 187 g/mol. The molecule has 0 saturated heterocycles. The highest BCUT2D eigenvalue weighted by molar-refractivity contribution is 5.94. The second kappa shape index (κ2) is 3.46. The van der Waals surface area contributed by atoms with Crippen molar-refractivity contribution in [3.8, 4) is 6.07 Å². The first-order valence-corrected chi connectivity index (χ1v) is 4.45. The van der Waals surface area contributed by atoms with Crippen LogP contribution in [0.2, 0.25) is 0 Å². The van der Waals surface area contributed by atoms with Crippen LogP contribution in [0.1, 0.15) is 28.8 Å². The maximum absolute atomic E-state index is 11.5. The molecule has 1 aliphatic rings. The third-order valence-corrected chi connectivity index (χ3v) is 2.04. The lowest BCUT2D eigenvalue weighted by Crippen LogP contribution is -2.25. The summed E-state index contributed by atoms with van der Waals surface area (Å²) < 4.78 is 0. The molecule has 0 spiro atoms. The standard InChI is InChI=1S/C10H9N3O/c11-4-7-3-8(6-12-5-7)10(14)13-9-1-2-9/h3,5-6,9H,1-2H2,(H,13,14). The van der Waals surface area contributed by atoms with E-state index in [9.17, 15) is 4.79 Å². The molecule has 4 nitrogen and oxygen atoms in total. The van der Waals surface area contributed by atoms with Gasteiger partial charge in [-0.3, -0.25) is 9.78 Å². The van der Waals surface area contributed by atoms with Crippen molar-refractivity contribution in [1.29, 1.82) is 5.26 Å². The average molecular weight is 187 g/mol. The van der Waals surface area contributed by atoms with Gasteiger partial charge in [-0.25, -0.2) is 0 Å². The SMILES string of the molecule is N#Cc1cncc(C(=O)NC2CC2)c1. The predicted octanol–water partition coefficient (Wildman–Crippen LogP) is 0.845. The maximum atomic E-state index is 11.5. The van der Waals surface area contributed by atoms with Gasteiger partial charge in [-0.2, -0.15) is 5.26 Å². The predicted molar refractivity (Wildman–Crippen MR) is 49.4 cm³/mol. The van der Waals surface area contributed by atoms with Crippen LogP contribution in [0.3, 0.4) is 0 Å². The molecule has 1 amide bonds. The first kappa shape index (κ1) is 8.70. The smallest absolute Gasteiger partial charge is 0.253 e. The Bertz CT molecular complexity index is 404. The Labute approximate surface area is 81.6 Å². The van der Waals surface area contributed by atoms with Crippen molar-refractivity contribution in [2.45, 2.75) is 18.9 Å². The molecule has 1 heterocycles. The highest BCUT2D eigenvalue weighted by Crippen LogP contribution is 2.19. The molecule has 0 aliphatic heterocycles. The summed E-state index contributed by atoms with van der Waals surface area (Å²) in [5, 5.41) is 11.4. The lowest BCUT2D eigenvalue weighted by atomic mass is 10.2. The molecule has 0 aromatic carbocycles. The van der Waals surface area contributed by atoms with E-state index in [1.54, 1.807) is 6.07 Å². The molecule has 0 radical (unpaired) electrons. The van der Waals surface area contributed by atoms with Gasteiger partial charge in [0.15, 0.2) is 0 Å². The first-order valence-electron chi connectivity index (χ1n) is 4.45. The lowest BCUT2D eigenvalue weighted by molar-refractivity contribution is 0.0950. The molecule has 1 aliphatic carbocycles. The van der Waals surface area contributed by atoms with E-state index >= 15 is 0 Å². The van der Waals surface area contributed by atoms with Crippen molar-refractivity contribution < 1.29 is 4.79 Å². The van der Waals surface area contributed by atoms with Crippen LogP contribution in [-0.4, -0.2) is 16.9 Å². The minimum Gasteiger partial charge on any atom is -0.349 e. The van der Waals surface area contributed by atoms with Gasteiger partial charge in [0.25, 0.3) is 5.91 Å². The number of hydrogen-bond donors (Lipinski definition) is 1. The summed E-state index contributed by atoms with van der Waals surface area (Å²) in [7, 11) is 0. The quantitative estimate of drug-likeness (QED) is 0.746. The summed E-state index contributed by atoms with van der Waals surface area (Å²) in [6.07, 6.45) is 5.01. The van der Waals surface area contributed by atoms with E-state index < -0.39 is 0 Å². The number of pyridine rings is 1. The number of rotatable bonds is 2. The summed E-state index contributed by atoms with van der Waals surface area (Å²) >= 11 is 0. The molecule has 2 rings (SSSR count). The number of nitriles is 1. The van der Waals surface area contributed by atoms with Crippen LogP contribution in [0.4, 0.5) is 0 Å². The minimum absolute atomic E-state index is 0.142. The fraction of sp³-hybridized carbons (Fsp3) is 0.300. The molecule has 0 unspecified atom stereocenters. The lowest BCUT2D eigenvalue weighted by Gasteiger charge is -2.01. The van der Waals surface area contributed by atoms with Crippen LogP contribution in [0.5, 0.6) is 0 Å². The van der Waals surface area contributed by atoms with Gasteiger partial charge in [0.2, 0.25) is 0 Å². The third kappa shape index (κ3) is 1.88. The summed E-state index contributed by atoms with van der Waals surface area (Å²) in [5.74, 6) is -0.142. The van der Waals surface area contributed by atoms with Crippen LogP contribution in [0, 0.1) is 11.3 Å². The zero-order valence-corrected chi connectivity index (χ0v) is 7.53. The molecular weight excluding hydrogens is 178 g/mol. The second-order valence-electron chi connectivity index (χ2n) is 3.32. The molecule has 0 bridgehead atoms. The first-order chi connectivity index (χ1) is 6.79. The molecule has 1 aromatic heterocycles. The number of amides is 1. The molecule has 1 aromatic rings. The van der Waals surface area contributed by atoms with E-state index in [2.05, 4.69) is 10.3 Å². The highest BCUT2D eigenvalue weighted by Gasteiger charge is 2.23. The van der Waals surface area contributed by atoms with E-state index in [1.807, 2.05) is 6.07 Å². The molecule has 1 N–H and O–H groups in total. The van der Waals surface area contributed by atoms with Crippen molar-refractivity contribution in [3.05, 3.63) is 29.6 Å². The fourth-order valence-corrected chi connectivity index (χ4v) is 1.12. The van der Waals surface area contributed by atoms with Crippen LogP contribution < -0.4 is 5.32 Å². The normalized spacial score (nSPS) is 14.5. The van der Waals surface area contributed by atoms with Gasteiger partial charge in [-0.05, 0) is 18.9 Å². The van der Waals surface area contributed by atoms with E-state index in [4.69, 9.17) is 5.26 Å². The summed E-state index contributed by atoms with van der Waals surface area (Å²) in [6, 6.07) is 3.82. The molecule has 4 heteroatoms. The van der Waals surface area contributed by atoms with Gasteiger partial charge in [0, 0.05) is 18.4 Å². The number of carbonyl (C=O) groups excluding carboxylic acids is 1. The van der Waals surface area contributed by atoms with Gasteiger partial charge in [0.1, 0.15) is 6.07 Å². The van der Waals surface area contributed by atoms with Crippen LogP contribution in [-0.2, 0) is 0 Å². The van der Waals surface area contributed by atoms with Crippen molar-refractivity contribution >= 4 is 5.91 Å². The Morgan fingerprint density at radius 3 is 3.00 bits per heavy atom. The number of hydrogen-bond acceptors (Lipinski definition) is 3. The Hall–Kier alpha value is -1.89. The van der Waals surface area contributed by atoms with E-state index in [1.165, 1.54) is 12.4 Å². The number of nitrogens with zero attached hydrogens (tertiary/aromatic N) is 2. The van der Waals surface area contributed by atoms with E-state index in [0.717, 1.165) is 12.8 Å². The zero-order valence-electron chi connectivity index (χ0n) is 7.53. The second-order valence-corrected chi connectivity index (χ2v) is 3.32. The van der Waals surface area contributed by atoms with Crippen LogP contribution >= 0.6 is 0 Å². The van der Waals surface area contributed by atoms with Gasteiger partial charge in [-0.1, -0.05) is 0 Å². The Morgan fingerprint density at radius 2 is 2.36 bits per heavy atom. The van der Waals surface area contributed by atoms with E-state index in [-0.39, 0.29) is 5.91 Å². The zero-order chi connectivity index (χ0) is 9.97. The maximum Gasteiger partial charge on any atom is 0.253 e. The van der Waals surface area contributed by atoms with Crippen molar-refractivity contribution in [2.24, 2.45) is 0 Å². The number of carbonyl (C=O) groups is 1. The topological polar surface area (TPSA) is 65.8 Å². The molecular formula is C10H9N3O. The van der Waals surface area contributed by atoms with Gasteiger partial charge in [-0.15, -0.1) is 0 Å². The average Bonchev–Trinajstić information content (AvgIpc) is 3.02. The Balaban J connectivity index is 2.14. The van der Waals surface area contributed by atoms with Crippen molar-refractivity contribution in [1.82, 2.24) is 10.3 Å². The van der Waals surface area contributed by atoms with Crippen molar-refractivity contribution in [3.63, 3.8) is 0 Å². The van der Waals surface area contributed by atoms with Crippen LogP contribution in [0.25, 0.3) is 0 Å². The number of nitrogens with one attached hydrogen (secondary N) is 1. The summed E-state index contributed by atoms with van der Waals surface area (Å²) in [4.78, 5) is 15.3. The molecule has 0 atom stereocenters. The van der Waals surface area contributed by atoms with Crippen molar-refractivity contribution in [2.75, 3.05) is 0 Å². The van der Waals surface area contributed by atoms with Crippen LogP contribution in [0.15, 0.2) is 18.5 Å². The minimum atomic E-state index is -0.142. The molecule has 70 valence electrons. The largest absolute Gasteiger partial charge is 0.349 e. The fourth-order valence-electron chi connectivity index (χ4n) is 1.12. The molecule has 1 saturated carbocycles. The Kier molecular flexibility index (Phi) is 2.15. The summed E-state index contributed by atoms with van der Waals surface area (Å²) in [5.41, 5.74) is 0.865. The van der Waals surface area contributed by atoms with Gasteiger partial charge >= 0.3 is 0 Å². The van der Waals surface area contributed by atoms with Gasteiger partial charge < -0.3 is 5.32 Å². The molecule has 14 heavy (non-hydrogen) atoms. The van der Waals surface area contributed by atoms with E-state index in [0.29, 0.717) is 17.2 Å². The third-order valence-electron chi connectivity index (χ3n) is 2.04. The van der Waals surface area contributed by atoms with Gasteiger partial charge in [0.05, 0.1) is 11.1 Å². The highest BCUT2D eigenvalue weighted by atomic mass is 16.1. The molecule has 1 fully saturated rings. The Morgan fingerprint density at radius 1 is 1.57 bits per heavy atom. The summed E-state index contributed by atoms with van der Waals surface area (Å²) in [6.45, 7) is 0. The number of aromatic nitrogens is 1.